The molecule has 11 heteroatoms. The molecule has 1 N–H and O–H groups in total. The van der Waals surface area contributed by atoms with Gasteiger partial charge < -0.3 is 9.72 Å². The molecule has 0 fully saturated rings. The normalized spacial score (nSPS) is 10.9. The van der Waals surface area contributed by atoms with Crippen LogP contribution in [0.25, 0.3) is 11.3 Å². The number of carbonyl (C=O) groups is 1. The van der Waals surface area contributed by atoms with Crippen LogP contribution in [0.1, 0.15) is 16.1 Å². The van der Waals surface area contributed by atoms with Gasteiger partial charge in [0.1, 0.15) is 24.0 Å². The smallest absolute Gasteiger partial charge is 0.295 e. The average Bonchev–Trinajstić information content (AvgIpc) is 3.34. The summed E-state index contributed by atoms with van der Waals surface area (Å²) >= 11 is 3.39. The van der Waals surface area contributed by atoms with E-state index in [1.54, 1.807) is 6.20 Å². The number of nitrogens with one attached hydrogen (secondary N) is 1. The second-order valence-corrected chi connectivity index (χ2v) is 6.74. The Bertz CT molecular complexity index is 1190. The van der Waals surface area contributed by atoms with Crippen LogP contribution in [0.4, 0.5) is 5.69 Å². The lowest BCUT2D eigenvalue weighted by Gasteiger charge is -2.06. The summed E-state index contributed by atoms with van der Waals surface area (Å²) in [4.78, 5) is 31.5. The van der Waals surface area contributed by atoms with E-state index in [0.717, 1.165) is 10.1 Å². The number of pyridine rings is 1. The molecule has 3 aromatic heterocycles. The van der Waals surface area contributed by atoms with Gasteiger partial charge in [0.25, 0.3) is 11.6 Å². The van der Waals surface area contributed by atoms with Gasteiger partial charge in [-0.15, -0.1) is 0 Å². The number of nitro groups is 1. The molecule has 3 heterocycles. The van der Waals surface area contributed by atoms with Crippen LogP contribution in [0.2, 0.25) is 0 Å². The van der Waals surface area contributed by atoms with Crippen LogP contribution in [0.5, 0.6) is 0 Å². The van der Waals surface area contributed by atoms with Crippen molar-refractivity contribution >= 4 is 33.2 Å². The maximum atomic E-state index is 12.4. The number of aromatic nitrogens is 5. The minimum atomic E-state index is -0.562. The van der Waals surface area contributed by atoms with Gasteiger partial charge in [-0.2, -0.15) is 5.10 Å². The zero-order valence-electron chi connectivity index (χ0n) is 14.2. The number of halogens is 1. The van der Waals surface area contributed by atoms with Crippen LogP contribution >= 0.6 is 15.9 Å². The molecule has 0 aliphatic heterocycles. The Balaban J connectivity index is 1.54. The lowest BCUT2D eigenvalue weighted by molar-refractivity contribution is -0.384. The van der Waals surface area contributed by atoms with Crippen molar-refractivity contribution in [1.29, 1.82) is 0 Å². The first-order valence-corrected chi connectivity index (χ1v) is 8.85. The first-order valence-electron chi connectivity index (χ1n) is 8.06. The lowest BCUT2D eigenvalue weighted by Crippen LogP contribution is -2.23. The number of benzene rings is 1. The van der Waals surface area contributed by atoms with Gasteiger partial charge in [0.05, 0.1) is 17.2 Å². The van der Waals surface area contributed by atoms with Crippen LogP contribution in [-0.4, -0.2) is 35.0 Å². The van der Waals surface area contributed by atoms with Crippen LogP contribution in [-0.2, 0) is 6.54 Å². The highest BCUT2D eigenvalue weighted by Crippen LogP contribution is 2.23. The highest BCUT2D eigenvalue weighted by atomic mass is 79.9. The first kappa shape index (κ1) is 17.8. The minimum absolute atomic E-state index is 0.169. The molecular formula is C17H12BrN7O3. The monoisotopic (exact) mass is 441 g/mol. The van der Waals surface area contributed by atoms with Crippen LogP contribution in [0, 0.1) is 10.1 Å². The fourth-order valence-electron chi connectivity index (χ4n) is 2.71. The number of rotatable bonds is 5. The molecule has 0 aliphatic carbocycles. The Labute approximate surface area is 166 Å². The third-order valence-corrected chi connectivity index (χ3v) is 4.46. The van der Waals surface area contributed by atoms with Crippen LogP contribution < -0.4 is 5.32 Å². The number of carbonyl (C=O) groups excluding carboxylic acids is 1. The number of fused-ring (bicyclic) bond motifs is 1. The largest absolute Gasteiger partial charge is 0.346 e. The minimum Gasteiger partial charge on any atom is -0.346 e. The molecule has 0 bridgehead atoms. The Morgan fingerprint density at radius 2 is 2.11 bits per heavy atom. The lowest BCUT2D eigenvalue weighted by atomic mass is 10.1. The molecule has 0 atom stereocenters. The molecule has 0 radical (unpaired) electrons. The van der Waals surface area contributed by atoms with Crippen molar-refractivity contribution in [3.05, 3.63) is 81.2 Å². The van der Waals surface area contributed by atoms with Gasteiger partial charge in [-0.05, 0) is 40.2 Å². The summed E-state index contributed by atoms with van der Waals surface area (Å²) in [5, 5.41) is 18.0. The Kier molecular flexibility index (Phi) is 4.57. The molecule has 140 valence electrons. The van der Waals surface area contributed by atoms with E-state index < -0.39 is 10.8 Å². The fourth-order valence-corrected chi connectivity index (χ4v) is 3.07. The van der Waals surface area contributed by atoms with Crippen molar-refractivity contribution in [2.75, 3.05) is 0 Å². The molecule has 4 rings (SSSR count). The van der Waals surface area contributed by atoms with Gasteiger partial charge in [0.15, 0.2) is 0 Å². The van der Waals surface area contributed by atoms with Gasteiger partial charge in [0.2, 0.25) is 0 Å². The number of nitrogens with zero attached hydrogens (tertiary/aromatic N) is 6. The molecule has 0 saturated heterocycles. The number of imidazole rings is 1. The third-order valence-electron chi connectivity index (χ3n) is 3.99. The zero-order valence-corrected chi connectivity index (χ0v) is 15.8. The summed E-state index contributed by atoms with van der Waals surface area (Å²) in [5.41, 5.74) is 1.57. The zero-order chi connectivity index (χ0) is 19.7. The molecule has 28 heavy (non-hydrogen) atoms. The summed E-state index contributed by atoms with van der Waals surface area (Å²) in [6, 6.07) is 7.90. The van der Waals surface area contributed by atoms with Crippen LogP contribution in [0.15, 0.2) is 59.9 Å². The molecule has 0 saturated carbocycles. The first-order chi connectivity index (χ1) is 13.5. The summed E-state index contributed by atoms with van der Waals surface area (Å²) in [6.45, 7) is 0.191. The molecule has 0 unspecified atom stereocenters. The number of amides is 1. The van der Waals surface area contributed by atoms with Gasteiger partial charge in [-0.3, -0.25) is 14.9 Å². The summed E-state index contributed by atoms with van der Waals surface area (Å²) in [5.74, 6) is -0.438. The van der Waals surface area contributed by atoms with E-state index in [9.17, 15) is 14.9 Å². The topological polar surface area (TPSA) is 120 Å². The molecular weight excluding hydrogens is 430 g/mol. The second-order valence-electron chi connectivity index (χ2n) is 5.83. The highest BCUT2D eigenvalue weighted by Gasteiger charge is 2.19. The summed E-state index contributed by atoms with van der Waals surface area (Å²) in [6.07, 6.45) is 6.29. The van der Waals surface area contributed by atoms with Gasteiger partial charge >= 0.3 is 0 Å². The van der Waals surface area contributed by atoms with Crippen LogP contribution in [0.3, 0.4) is 0 Å². The molecule has 0 spiro atoms. The molecule has 0 aliphatic rings. The molecule has 1 aromatic carbocycles. The Morgan fingerprint density at radius 1 is 1.25 bits per heavy atom. The number of hydrogen-bond donors (Lipinski definition) is 1. The number of hydrogen-bond acceptors (Lipinski definition) is 6. The number of nitro benzene ring substituents is 1. The fraction of sp³-hybridized carbons (Fsp3) is 0.0588. The third kappa shape index (κ3) is 3.47. The average molecular weight is 442 g/mol. The van der Waals surface area contributed by atoms with E-state index in [1.807, 2.05) is 22.7 Å². The predicted octanol–water partition coefficient (Wildman–Crippen LogP) is 2.52. The Hall–Kier alpha value is -3.60. The SMILES string of the molecule is O=C(NCc1cn2cc(Br)ccc2n1)c1ccc(-n2cncn2)c([N+](=O)[O-])c1. The van der Waals surface area contributed by atoms with Crippen molar-refractivity contribution in [1.82, 2.24) is 29.5 Å². The maximum Gasteiger partial charge on any atom is 0.295 e. The standard InChI is InChI=1S/C17H12BrN7O3/c18-12-2-4-16-22-13(8-23(16)7-12)6-20-17(26)11-1-3-14(15(5-11)25(27)28)24-10-19-9-21-24/h1-5,7-10H,6H2,(H,20,26). The van der Waals surface area contributed by atoms with Gasteiger partial charge in [-0.25, -0.2) is 14.6 Å². The van der Waals surface area contributed by atoms with Crippen molar-refractivity contribution in [2.45, 2.75) is 6.54 Å². The van der Waals surface area contributed by atoms with Crippen molar-refractivity contribution < 1.29 is 9.72 Å². The van der Waals surface area contributed by atoms with E-state index in [4.69, 9.17) is 0 Å². The van der Waals surface area contributed by atoms with E-state index in [2.05, 4.69) is 36.3 Å². The quantitative estimate of drug-likeness (QED) is 0.375. The van der Waals surface area contributed by atoms with Crippen molar-refractivity contribution in [3.63, 3.8) is 0 Å². The Morgan fingerprint density at radius 3 is 2.86 bits per heavy atom. The van der Waals surface area contributed by atoms with E-state index in [0.29, 0.717) is 5.69 Å². The van der Waals surface area contributed by atoms with Crippen molar-refractivity contribution in [2.24, 2.45) is 0 Å². The van der Waals surface area contributed by atoms with E-state index in [-0.39, 0.29) is 23.5 Å². The summed E-state index contributed by atoms with van der Waals surface area (Å²) in [7, 11) is 0. The molecule has 1 amide bonds. The second kappa shape index (κ2) is 7.19. The molecule has 10 nitrogen and oxygen atoms in total. The van der Waals surface area contributed by atoms with Crippen molar-refractivity contribution in [3.8, 4) is 5.69 Å². The van der Waals surface area contributed by atoms with E-state index >= 15 is 0 Å². The summed E-state index contributed by atoms with van der Waals surface area (Å²) < 4.78 is 4.02. The molecule has 4 aromatic rings. The van der Waals surface area contributed by atoms with E-state index in [1.165, 1.54) is 35.5 Å². The van der Waals surface area contributed by atoms with Gasteiger partial charge in [-0.1, -0.05) is 0 Å². The van der Waals surface area contributed by atoms with Gasteiger partial charge in [0, 0.05) is 28.5 Å². The highest BCUT2D eigenvalue weighted by molar-refractivity contribution is 9.10. The predicted molar refractivity (Wildman–Crippen MR) is 102 cm³/mol. The maximum absolute atomic E-state index is 12.4.